The first-order valence-electron chi connectivity index (χ1n) is 6.20. The highest BCUT2D eigenvalue weighted by Gasteiger charge is 2.03. The van der Waals surface area contributed by atoms with Crippen LogP contribution in [0.25, 0.3) is 0 Å². The van der Waals surface area contributed by atoms with Gasteiger partial charge in [-0.05, 0) is 60.6 Å². The Hall–Kier alpha value is -1.17. The molecule has 0 amide bonds. The van der Waals surface area contributed by atoms with Crippen LogP contribution in [0.2, 0.25) is 5.02 Å². The lowest BCUT2D eigenvalue weighted by Crippen LogP contribution is -2.27. The third-order valence-electron chi connectivity index (χ3n) is 2.85. The largest absolute Gasteiger partial charge is 0.358 e. The van der Waals surface area contributed by atoms with E-state index in [1.165, 1.54) is 6.07 Å². The van der Waals surface area contributed by atoms with Crippen molar-refractivity contribution in [3.8, 4) is 0 Å². The second-order valence-corrected chi connectivity index (χ2v) is 6.19. The summed E-state index contributed by atoms with van der Waals surface area (Å²) in [5.74, 6) is -0.425. The van der Waals surface area contributed by atoms with Gasteiger partial charge >= 0.3 is 0 Å². The van der Waals surface area contributed by atoms with Crippen molar-refractivity contribution < 1.29 is 4.39 Å². The maximum absolute atomic E-state index is 13.1. The number of hydrogen-bond donors (Lipinski definition) is 2. The predicted molar refractivity (Wildman–Crippen MR) is 93.3 cm³/mol. The Labute approximate surface area is 141 Å². The molecule has 2 aromatic rings. The molecule has 2 N–H and O–H groups in total. The van der Waals surface area contributed by atoms with E-state index in [0.717, 1.165) is 21.3 Å². The van der Waals surface area contributed by atoms with Crippen molar-refractivity contribution in [3.63, 3.8) is 0 Å². The Morgan fingerprint density at radius 2 is 2.05 bits per heavy atom. The van der Waals surface area contributed by atoms with E-state index < -0.39 is 5.82 Å². The van der Waals surface area contributed by atoms with E-state index in [4.69, 9.17) is 23.8 Å². The van der Waals surface area contributed by atoms with E-state index in [2.05, 4.69) is 26.6 Å². The van der Waals surface area contributed by atoms with Crippen molar-refractivity contribution >= 4 is 50.5 Å². The number of rotatable bonds is 3. The van der Waals surface area contributed by atoms with Gasteiger partial charge in [-0.15, -0.1) is 0 Å². The molecule has 0 aliphatic rings. The summed E-state index contributed by atoms with van der Waals surface area (Å²) in [6.45, 7) is 2.48. The second-order valence-electron chi connectivity index (χ2n) is 4.52. The van der Waals surface area contributed by atoms with Gasteiger partial charge in [0.2, 0.25) is 0 Å². The van der Waals surface area contributed by atoms with Gasteiger partial charge in [0.05, 0.1) is 5.02 Å². The molecule has 0 saturated carbocycles. The number of thiocarbonyl (C=S) groups is 1. The normalized spacial score (nSPS) is 10.3. The molecule has 6 heteroatoms. The lowest BCUT2D eigenvalue weighted by molar-refractivity contribution is 0.627. The first-order chi connectivity index (χ1) is 9.95. The third-order valence-corrected chi connectivity index (χ3v) is 4.28. The monoisotopic (exact) mass is 386 g/mol. The Morgan fingerprint density at radius 1 is 1.29 bits per heavy atom. The maximum Gasteiger partial charge on any atom is 0.171 e. The molecule has 0 atom stereocenters. The van der Waals surface area contributed by atoms with E-state index in [1.54, 1.807) is 12.1 Å². The van der Waals surface area contributed by atoms with Crippen molar-refractivity contribution in [1.82, 2.24) is 5.32 Å². The van der Waals surface area contributed by atoms with E-state index in [-0.39, 0.29) is 5.02 Å². The summed E-state index contributed by atoms with van der Waals surface area (Å²) >= 11 is 14.4. The minimum atomic E-state index is -0.425. The fourth-order valence-corrected chi connectivity index (χ4v) is 2.37. The van der Waals surface area contributed by atoms with Gasteiger partial charge in [-0.25, -0.2) is 4.39 Å². The highest BCUT2D eigenvalue weighted by Crippen LogP contribution is 2.20. The molecule has 0 aliphatic heterocycles. The van der Waals surface area contributed by atoms with Gasteiger partial charge in [0.1, 0.15) is 5.82 Å². The van der Waals surface area contributed by atoms with Crippen LogP contribution in [0, 0.1) is 12.7 Å². The Balaban J connectivity index is 1.92. The Bertz CT molecular complexity index is 679. The molecular formula is C15H13BrClFN2S. The van der Waals surface area contributed by atoms with E-state index >= 15 is 0 Å². The van der Waals surface area contributed by atoms with Gasteiger partial charge in [0.25, 0.3) is 0 Å². The highest BCUT2D eigenvalue weighted by molar-refractivity contribution is 9.10. The number of halogens is 3. The average Bonchev–Trinajstić information content (AvgIpc) is 2.44. The number of nitrogens with one attached hydrogen (secondary N) is 2. The zero-order valence-corrected chi connectivity index (χ0v) is 14.4. The van der Waals surface area contributed by atoms with E-state index in [0.29, 0.717) is 11.7 Å². The van der Waals surface area contributed by atoms with Gasteiger partial charge in [-0.2, -0.15) is 0 Å². The average molecular weight is 388 g/mol. The van der Waals surface area contributed by atoms with Gasteiger partial charge in [0.15, 0.2) is 5.11 Å². The third kappa shape index (κ3) is 4.66. The smallest absolute Gasteiger partial charge is 0.171 e. The van der Waals surface area contributed by atoms with E-state index in [9.17, 15) is 4.39 Å². The summed E-state index contributed by atoms with van der Waals surface area (Å²) in [6.07, 6.45) is 0. The van der Waals surface area contributed by atoms with Crippen molar-refractivity contribution in [1.29, 1.82) is 0 Å². The topological polar surface area (TPSA) is 24.1 Å². The molecule has 110 valence electrons. The first kappa shape index (κ1) is 16.2. The molecule has 0 aliphatic carbocycles. The molecule has 0 aromatic heterocycles. The minimum absolute atomic E-state index is 0.108. The summed E-state index contributed by atoms with van der Waals surface area (Å²) < 4.78 is 14.1. The van der Waals surface area contributed by atoms with Crippen LogP contribution in [-0.4, -0.2) is 5.11 Å². The molecule has 21 heavy (non-hydrogen) atoms. The molecule has 0 radical (unpaired) electrons. The summed E-state index contributed by atoms with van der Waals surface area (Å²) in [7, 11) is 0. The first-order valence-corrected chi connectivity index (χ1v) is 7.78. The SMILES string of the molecule is Cc1cc(NC(=S)NCc2ccc(F)c(Cl)c2)ccc1Br. The van der Waals surface area contributed by atoms with Crippen LogP contribution in [0.1, 0.15) is 11.1 Å². The molecule has 0 bridgehead atoms. The van der Waals surface area contributed by atoms with Crippen molar-refractivity contribution in [2.24, 2.45) is 0 Å². The van der Waals surface area contributed by atoms with Crippen LogP contribution in [0.3, 0.4) is 0 Å². The molecule has 0 spiro atoms. The number of benzene rings is 2. The fraction of sp³-hybridized carbons (Fsp3) is 0.133. The van der Waals surface area contributed by atoms with Crippen molar-refractivity contribution in [3.05, 3.63) is 62.8 Å². The summed E-state index contributed by atoms with van der Waals surface area (Å²) in [5.41, 5.74) is 2.89. The maximum atomic E-state index is 13.1. The molecule has 2 aromatic carbocycles. The molecule has 0 fully saturated rings. The van der Waals surface area contributed by atoms with Crippen LogP contribution in [0.4, 0.5) is 10.1 Å². The van der Waals surface area contributed by atoms with Crippen LogP contribution in [0.15, 0.2) is 40.9 Å². The molecule has 0 saturated heterocycles. The molecule has 2 rings (SSSR count). The molecular weight excluding hydrogens is 375 g/mol. The van der Waals surface area contributed by atoms with Crippen molar-refractivity contribution in [2.75, 3.05) is 5.32 Å². The van der Waals surface area contributed by atoms with Crippen LogP contribution < -0.4 is 10.6 Å². The summed E-state index contributed by atoms with van der Waals surface area (Å²) in [5, 5.41) is 6.76. The zero-order chi connectivity index (χ0) is 15.4. The predicted octanol–water partition coefficient (Wildman–Crippen LogP) is 5.04. The molecule has 0 heterocycles. The zero-order valence-electron chi connectivity index (χ0n) is 11.2. The number of hydrogen-bond acceptors (Lipinski definition) is 1. The van der Waals surface area contributed by atoms with E-state index in [1.807, 2.05) is 25.1 Å². The lowest BCUT2D eigenvalue weighted by atomic mass is 10.2. The number of anilines is 1. The minimum Gasteiger partial charge on any atom is -0.358 e. The van der Waals surface area contributed by atoms with Crippen LogP contribution in [-0.2, 0) is 6.54 Å². The number of aryl methyl sites for hydroxylation is 1. The summed E-state index contributed by atoms with van der Waals surface area (Å²) in [4.78, 5) is 0. The van der Waals surface area contributed by atoms with Gasteiger partial charge < -0.3 is 10.6 Å². The Morgan fingerprint density at radius 3 is 2.71 bits per heavy atom. The van der Waals surface area contributed by atoms with Crippen LogP contribution >= 0.6 is 39.7 Å². The van der Waals surface area contributed by atoms with Gasteiger partial charge in [-0.3, -0.25) is 0 Å². The van der Waals surface area contributed by atoms with Gasteiger partial charge in [0, 0.05) is 16.7 Å². The standard InChI is InChI=1S/C15H13BrClFN2S/c1-9-6-11(3-4-12(9)16)20-15(21)19-8-10-2-5-14(18)13(17)7-10/h2-7H,8H2,1H3,(H2,19,20,21). The lowest BCUT2D eigenvalue weighted by Gasteiger charge is -2.12. The quantitative estimate of drug-likeness (QED) is 0.722. The molecule has 2 nitrogen and oxygen atoms in total. The highest BCUT2D eigenvalue weighted by atomic mass is 79.9. The van der Waals surface area contributed by atoms with Crippen LogP contribution in [0.5, 0.6) is 0 Å². The Kier molecular flexibility index (Phi) is 5.56. The van der Waals surface area contributed by atoms with Crippen molar-refractivity contribution in [2.45, 2.75) is 13.5 Å². The second kappa shape index (κ2) is 7.20. The van der Waals surface area contributed by atoms with Gasteiger partial charge in [-0.1, -0.05) is 33.6 Å². The fourth-order valence-electron chi connectivity index (χ4n) is 1.73. The molecule has 0 unspecified atom stereocenters. The summed E-state index contributed by atoms with van der Waals surface area (Å²) in [6, 6.07) is 10.5.